The molecule has 8 heteroatoms. The summed E-state index contributed by atoms with van der Waals surface area (Å²) in [6.45, 7) is 0. The lowest BCUT2D eigenvalue weighted by atomic mass is 10.3. The highest BCUT2D eigenvalue weighted by Gasteiger charge is 2.23. The number of benzene rings is 1. The van der Waals surface area contributed by atoms with Crippen molar-refractivity contribution < 1.29 is 14.1 Å². The minimum Gasteiger partial charge on any atom is -0.432 e. The molecule has 18 heavy (non-hydrogen) atoms. The van der Waals surface area contributed by atoms with Gasteiger partial charge in [0.25, 0.3) is 0 Å². The summed E-state index contributed by atoms with van der Waals surface area (Å²) in [6.07, 6.45) is 1.24. The van der Waals surface area contributed by atoms with Gasteiger partial charge in [-0.05, 0) is 28.1 Å². The van der Waals surface area contributed by atoms with Crippen LogP contribution in [-0.4, -0.2) is 14.5 Å². The lowest BCUT2D eigenvalue weighted by Gasteiger charge is -2.06. The van der Waals surface area contributed by atoms with E-state index in [0.717, 1.165) is 12.1 Å². The molecule has 0 aliphatic carbocycles. The van der Waals surface area contributed by atoms with Crippen LogP contribution in [0, 0.1) is 15.9 Å². The highest BCUT2D eigenvalue weighted by atomic mass is 35.5. The lowest BCUT2D eigenvalue weighted by Crippen LogP contribution is -1.97. The first kappa shape index (κ1) is 12.3. The Labute approximate surface area is 106 Å². The lowest BCUT2D eigenvalue weighted by molar-refractivity contribution is -0.390. The van der Waals surface area contributed by atoms with Gasteiger partial charge < -0.3 is 14.9 Å². The van der Waals surface area contributed by atoms with Crippen molar-refractivity contribution >= 4 is 17.4 Å². The molecule has 0 radical (unpaired) electrons. The van der Waals surface area contributed by atoms with Crippen LogP contribution in [0.3, 0.4) is 0 Å². The molecule has 6 nitrogen and oxygen atoms in total. The second kappa shape index (κ2) is 4.61. The first-order valence-corrected chi connectivity index (χ1v) is 5.15. The van der Waals surface area contributed by atoms with E-state index in [2.05, 4.69) is 4.98 Å². The molecule has 0 atom stereocenters. The summed E-state index contributed by atoms with van der Waals surface area (Å²) in [5.74, 6) is -0.914. The van der Waals surface area contributed by atoms with Gasteiger partial charge in [-0.25, -0.2) is 4.39 Å². The number of nitrogens with zero attached hydrogens (tertiary/aromatic N) is 3. The highest BCUT2D eigenvalue weighted by molar-refractivity contribution is 6.32. The predicted octanol–water partition coefficient (Wildman–Crippen LogP) is 2.91. The van der Waals surface area contributed by atoms with Crippen molar-refractivity contribution in [3.8, 4) is 11.6 Å². The molecule has 0 saturated heterocycles. The largest absolute Gasteiger partial charge is 0.432 e. The Balaban J connectivity index is 2.39. The molecular weight excluding hydrogens is 265 g/mol. The van der Waals surface area contributed by atoms with Crippen molar-refractivity contribution in [2.75, 3.05) is 0 Å². The van der Waals surface area contributed by atoms with Crippen molar-refractivity contribution in [2.24, 2.45) is 7.05 Å². The highest BCUT2D eigenvalue weighted by Crippen LogP contribution is 2.33. The first-order chi connectivity index (χ1) is 8.49. The number of aromatic nitrogens is 2. The summed E-state index contributed by atoms with van der Waals surface area (Å²) >= 11 is 5.77. The maximum Gasteiger partial charge on any atom is 0.427 e. The quantitative estimate of drug-likeness (QED) is 0.636. The first-order valence-electron chi connectivity index (χ1n) is 4.77. The van der Waals surface area contributed by atoms with E-state index in [4.69, 9.17) is 16.3 Å². The SMILES string of the molecule is Cn1cnc([N+](=O)[O-])c1Oc1ccc(F)cc1Cl. The molecular formula is C10H7ClFN3O3. The standard InChI is InChI=1S/C10H7ClFN3O3/c1-14-5-13-9(15(16)17)10(14)18-8-3-2-6(12)4-7(8)11/h2-5H,1H3. The molecule has 2 rings (SSSR count). The second-order valence-corrected chi connectivity index (χ2v) is 3.83. The van der Waals surface area contributed by atoms with Gasteiger partial charge in [-0.3, -0.25) is 4.57 Å². The minimum absolute atomic E-state index is 0.0190. The smallest absolute Gasteiger partial charge is 0.427 e. The summed E-state index contributed by atoms with van der Waals surface area (Å²) in [7, 11) is 1.53. The molecule has 1 heterocycles. The maximum atomic E-state index is 12.8. The fourth-order valence-corrected chi connectivity index (χ4v) is 1.52. The van der Waals surface area contributed by atoms with Gasteiger partial charge in [-0.1, -0.05) is 11.6 Å². The van der Waals surface area contributed by atoms with E-state index in [9.17, 15) is 14.5 Å². The van der Waals surface area contributed by atoms with Crippen molar-refractivity contribution in [1.82, 2.24) is 9.55 Å². The van der Waals surface area contributed by atoms with E-state index in [1.165, 1.54) is 24.0 Å². The molecule has 2 aromatic rings. The van der Waals surface area contributed by atoms with Crippen LogP contribution < -0.4 is 4.74 Å². The molecule has 0 fully saturated rings. The second-order valence-electron chi connectivity index (χ2n) is 3.42. The third-order valence-electron chi connectivity index (χ3n) is 2.14. The summed E-state index contributed by atoms with van der Waals surface area (Å²) in [4.78, 5) is 13.6. The average Bonchev–Trinajstić information content (AvgIpc) is 2.64. The van der Waals surface area contributed by atoms with Gasteiger partial charge in [0, 0.05) is 7.05 Å². The van der Waals surface area contributed by atoms with Gasteiger partial charge in [0.2, 0.25) is 6.33 Å². The number of aryl methyl sites for hydroxylation is 1. The van der Waals surface area contributed by atoms with E-state index in [1.54, 1.807) is 0 Å². The molecule has 0 bridgehead atoms. The monoisotopic (exact) mass is 271 g/mol. The Kier molecular flexibility index (Phi) is 3.15. The summed E-state index contributed by atoms with van der Waals surface area (Å²) < 4.78 is 19.5. The number of hydrogen-bond acceptors (Lipinski definition) is 4. The van der Waals surface area contributed by atoms with Crippen LogP contribution in [0.25, 0.3) is 0 Å². The van der Waals surface area contributed by atoms with E-state index >= 15 is 0 Å². The van der Waals surface area contributed by atoms with E-state index in [-0.39, 0.29) is 16.7 Å². The fraction of sp³-hybridized carbons (Fsp3) is 0.100. The molecule has 1 aromatic heterocycles. The van der Waals surface area contributed by atoms with Crippen molar-refractivity contribution in [3.63, 3.8) is 0 Å². The van der Waals surface area contributed by atoms with Gasteiger partial charge >= 0.3 is 11.7 Å². The van der Waals surface area contributed by atoms with E-state index in [0.29, 0.717) is 0 Å². The fourth-order valence-electron chi connectivity index (χ4n) is 1.31. The Morgan fingerprint density at radius 2 is 2.28 bits per heavy atom. The molecule has 0 aliphatic rings. The van der Waals surface area contributed by atoms with Crippen molar-refractivity contribution in [1.29, 1.82) is 0 Å². The summed E-state index contributed by atoms with van der Waals surface area (Å²) in [5, 5.41) is 10.7. The van der Waals surface area contributed by atoms with Gasteiger partial charge in [0.05, 0.1) is 5.02 Å². The molecule has 0 aliphatic heterocycles. The molecule has 0 spiro atoms. The topological polar surface area (TPSA) is 70.2 Å². The molecule has 0 saturated carbocycles. The number of ether oxygens (including phenoxy) is 1. The molecule has 0 N–H and O–H groups in total. The Hall–Kier alpha value is -2.15. The van der Waals surface area contributed by atoms with E-state index in [1.807, 2.05) is 0 Å². The molecule has 0 unspecified atom stereocenters. The van der Waals surface area contributed by atoms with E-state index < -0.39 is 16.6 Å². The zero-order valence-electron chi connectivity index (χ0n) is 9.13. The minimum atomic E-state index is -0.674. The van der Waals surface area contributed by atoms with Gasteiger partial charge in [0.1, 0.15) is 11.6 Å². The average molecular weight is 272 g/mol. The third kappa shape index (κ3) is 2.25. The summed E-state index contributed by atoms with van der Waals surface area (Å²) in [5.41, 5.74) is 0. The van der Waals surface area contributed by atoms with Crippen LogP contribution in [0.4, 0.5) is 10.2 Å². The number of nitro groups is 1. The Morgan fingerprint density at radius 3 is 2.89 bits per heavy atom. The molecule has 94 valence electrons. The van der Waals surface area contributed by atoms with Crippen LogP contribution in [0.15, 0.2) is 24.5 Å². The number of halogens is 2. The normalized spacial score (nSPS) is 10.4. The number of imidazole rings is 1. The third-order valence-corrected chi connectivity index (χ3v) is 2.43. The van der Waals surface area contributed by atoms with Crippen LogP contribution in [0.1, 0.15) is 0 Å². The molecule has 0 amide bonds. The maximum absolute atomic E-state index is 12.8. The number of hydrogen-bond donors (Lipinski definition) is 0. The van der Waals surface area contributed by atoms with Crippen molar-refractivity contribution in [2.45, 2.75) is 0 Å². The zero-order valence-corrected chi connectivity index (χ0v) is 9.89. The zero-order chi connectivity index (χ0) is 13.3. The molecule has 1 aromatic carbocycles. The van der Waals surface area contributed by atoms with Crippen LogP contribution in [0.5, 0.6) is 11.6 Å². The number of rotatable bonds is 3. The Bertz CT molecular complexity index is 614. The Morgan fingerprint density at radius 1 is 1.56 bits per heavy atom. The predicted molar refractivity (Wildman–Crippen MR) is 61.3 cm³/mol. The van der Waals surface area contributed by atoms with Crippen LogP contribution in [0.2, 0.25) is 5.02 Å². The van der Waals surface area contributed by atoms with Gasteiger partial charge in [0.15, 0.2) is 0 Å². The van der Waals surface area contributed by atoms with Gasteiger partial charge in [-0.2, -0.15) is 0 Å². The van der Waals surface area contributed by atoms with Crippen LogP contribution >= 0.6 is 11.6 Å². The van der Waals surface area contributed by atoms with Gasteiger partial charge in [-0.15, -0.1) is 0 Å². The van der Waals surface area contributed by atoms with Crippen LogP contribution in [-0.2, 0) is 7.05 Å². The van der Waals surface area contributed by atoms with Crippen molar-refractivity contribution in [3.05, 3.63) is 45.5 Å². The summed E-state index contributed by atoms with van der Waals surface area (Å²) in [6, 6.07) is 3.48.